The van der Waals surface area contributed by atoms with Gasteiger partial charge in [0, 0.05) is 36.3 Å². The summed E-state index contributed by atoms with van der Waals surface area (Å²) in [5.74, 6) is -0.717. The SMILES string of the molecule is CC(=O)N(CCC(=O)Nc1cccc(Cl)c1)c1ccc(C(F)(F)F)cc1. The van der Waals surface area contributed by atoms with Crippen LogP contribution in [-0.4, -0.2) is 18.4 Å². The zero-order chi connectivity index (χ0) is 19.3. The Labute approximate surface area is 153 Å². The Bertz CT molecular complexity index is 792. The molecule has 0 aliphatic rings. The van der Waals surface area contributed by atoms with E-state index in [1.54, 1.807) is 24.3 Å². The summed E-state index contributed by atoms with van der Waals surface area (Å²) in [7, 11) is 0. The molecule has 0 heterocycles. The number of hydrogen-bond donors (Lipinski definition) is 1. The van der Waals surface area contributed by atoms with E-state index >= 15 is 0 Å². The third-order valence-corrected chi connectivity index (χ3v) is 3.79. The molecule has 0 spiro atoms. The van der Waals surface area contributed by atoms with Crippen molar-refractivity contribution in [2.24, 2.45) is 0 Å². The molecule has 0 fully saturated rings. The van der Waals surface area contributed by atoms with Crippen molar-refractivity contribution in [1.82, 2.24) is 0 Å². The molecule has 138 valence electrons. The molecular weight excluding hydrogens is 369 g/mol. The van der Waals surface area contributed by atoms with Crippen LogP contribution in [0.15, 0.2) is 48.5 Å². The summed E-state index contributed by atoms with van der Waals surface area (Å²) in [6.07, 6.45) is -4.47. The zero-order valence-corrected chi connectivity index (χ0v) is 14.6. The van der Waals surface area contributed by atoms with Gasteiger partial charge in [0.05, 0.1) is 5.56 Å². The van der Waals surface area contributed by atoms with Gasteiger partial charge in [-0.05, 0) is 42.5 Å². The molecular formula is C18H16ClF3N2O2. The first kappa shape index (κ1) is 19.8. The predicted molar refractivity (Wildman–Crippen MR) is 94.2 cm³/mol. The number of benzene rings is 2. The summed E-state index contributed by atoms with van der Waals surface area (Å²) in [6, 6.07) is 10.8. The molecule has 0 bridgehead atoms. The van der Waals surface area contributed by atoms with Crippen molar-refractivity contribution in [3.63, 3.8) is 0 Å². The molecule has 0 saturated carbocycles. The number of nitrogens with zero attached hydrogens (tertiary/aromatic N) is 1. The van der Waals surface area contributed by atoms with Crippen molar-refractivity contribution < 1.29 is 22.8 Å². The molecule has 2 aromatic rings. The van der Waals surface area contributed by atoms with Crippen LogP contribution in [0.2, 0.25) is 5.02 Å². The summed E-state index contributed by atoms with van der Waals surface area (Å²) in [5, 5.41) is 3.12. The Morgan fingerprint density at radius 3 is 2.31 bits per heavy atom. The van der Waals surface area contributed by atoms with Crippen LogP contribution in [-0.2, 0) is 15.8 Å². The van der Waals surface area contributed by atoms with Crippen molar-refractivity contribution >= 4 is 34.8 Å². The molecule has 0 aliphatic carbocycles. The van der Waals surface area contributed by atoms with E-state index in [9.17, 15) is 22.8 Å². The third kappa shape index (κ3) is 5.49. The van der Waals surface area contributed by atoms with Crippen molar-refractivity contribution in [3.8, 4) is 0 Å². The molecule has 4 nitrogen and oxygen atoms in total. The van der Waals surface area contributed by atoms with Gasteiger partial charge in [0.25, 0.3) is 0 Å². The largest absolute Gasteiger partial charge is 0.416 e. The number of anilines is 2. The minimum Gasteiger partial charge on any atom is -0.326 e. The second kappa shape index (κ2) is 8.23. The van der Waals surface area contributed by atoms with Gasteiger partial charge in [-0.1, -0.05) is 17.7 Å². The molecule has 1 N–H and O–H groups in total. The highest BCUT2D eigenvalue weighted by Gasteiger charge is 2.30. The maximum atomic E-state index is 12.6. The average Bonchev–Trinajstić information content (AvgIpc) is 2.54. The molecule has 26 heavy (non-hydrogen) atoms. The molecule has 0 radical (unpaired) electrons. The molecule has 2 amide bonds. The number of alkyl halides is 3. The highest BCUT2D eigenvalue weighted by atomic mass is 35.5. The van der Waals surface area contributed by atoms with E-state index in [1.807, 2.05) is 0 Å². The second-order valence-corrected chi connectivity index (χ2v) is 5.96. The van der Waals surface area contributed by atoms with Crippen LogP contribution in [0.1, 0.15) is 18.9 Å². The van der Waals surface area contributed by atoms with Crippen molar-refractivity contribution in [2.75, 3.05) is 16.8 Å². The summed E-state index contributed by atoms with van der Waals surface area (Å²) in [5.41, 5.74) is 0.0101. The lowest BCUT2D eigenvalue weighted by atomic mass is 10.2. The Morgan fingerprint density at radius 2 is 1.77 bits per heavy atom. The van der Waals surface area contributed by atoms with Crippen LogP contribution in [0.5, 0.6) is 0 Å². The third-order valence-electron chi connectivity index (χ3n) is 3.56. The molecule has 0 unspecified atom stereocenters. The summed E-state index contributed by atoms with van der Waals surface area (Å²) >= 11 is 5.84. The number of hydrogen-bond acceptors (Lipinski definition) is 2. The van der Waals surface area contributed by atoms with Crippen LogP contribution in [0.3, 0.4) is 0 Å². The molecule has 2 rings (SSSR count). The lowest BCUT2D eigenvalue weighted by Crippen LogP contribution is -2.32. The van der Waals surface area contributed by atoms with Gasteiger partial charge in [0.1, 0.15) is 0 Å². The Kier molecular flexibility index (Phi) is 6.26. The van der Waals surface area contributed by atoms with Crippen molar-refractivity contribution in [3.05, 3.63) is 59.1 Å². The molecule has 0 aliphatic heterocycles. The number of carbonyl (C=O) groups excluding carboxylic acids is 2. The van der Waals surface area contributed by atoms with E-state index in [-0.39, 0.29) is 24.8 Å². The van der Waals surface area contributed by atoms with Crippen LogP contribution >= 0.6 is 11.6 Å². The second-order valence-electron chi connectivity index (χ2n) is 5.52. The van der Waals surface area contributed by atoms with Crippen molar-refractivity contribution in [2.45, 2.75) is 19.5 Å². The van der Waals surface area contributed by atoms with Crippen LogP contribution in [0.4, 0.5) is 24.5 Å². The quantitative estimate of drug-likeness (QED) is 0.809. The number of nitrogens with one attached hydrogen (secondary N) is 1. The predicted octanol–water partition coefficient (Wildman–Crippen LogP) is 4.74. The Balaban J connectivity index is 2.02. The van der Waals surface area contributed by atoms with Gasteiger partial charge in [-0.25, -0.2) is 0 Å². The maximum absolute atomic E-state index is 12.6. The summed E-state index contributed by atoms with van der Waals surface area (Å²) in [6.45, 7) is 1.32. The minimum atomic E-state index is -4.45. The average molecular weight is 385 g/mol. The smallest absolute Gasteiger partial charge is 0.326 e. The van der Waals surface area contributed by atoms with Gasteiger partial charge >= 0.3 is 6.18 Å². The normalized spacial score (nSPS) is 11.1. The molecule has 0 saturated heterocycles. The van der Waals surface area contributed by atoms with Crippen LogP contribution in [0, 0.1) is 0 Å². The van der Waals surface area contributed by atoms with Crippen molar-refractivity contribution in [1.29, 1.82) is 0 Å². The van der Waals surface area contributed by atoms with Gasteiger partial charge in [-0.2, -0.15) is 13.2 Å². The first-order chi connectivity index (χ1) is 12.2. The lowest BCUT2D eigenvalue weighted by Gasteiger charge is -2.21. The monoisotopic (exact) mass is 384 g/mol. The Hall–Kier alpha value is -2.54. The van der Waals surface area contributed by atoms with E-state index in [1.165, 1.54) is 24.0 Å². The lowest BCUT2D eigenvalue weighted by molar-refractivity contribution is -0.137. The highest BCUT2D eigenvalue weighted by Crippen LogP contribution is 2.30. The fraction of sp³-hybridized carbons (Fsp3) is 0.222. The molecule has 0 atom stereocenters. The minimum absolute atomic E-state index is 0.0207. The molecule has 2 aromatic carbocycles. The first-order valence-electron chi connectivity index (χ1n) is 7.67. The number of halogens is 4. The maximum Gasteiger partial charge on any atom is 0.416 e. The van der Waals surface area contributed by atoms with Gasteiger partial charge in [0.2, 0.25) is 11.8 Å². The van der Waals surface area contributed by atoms with E-state index in [0.29, 0.717) is 16.4 Å². The topological polar surface area (TPSA) is 49.4 Å². The van der Waals surface area contributed by atoms with Crippen LogP contribution in [0.25, 0.3) is 0 Å². The van der Waals surface area contributed by atoms with Gasteiger partial charge in [-0.15, -0.1) is 0 Å². The fourth-order valence-corrected chi connectivity index (χ4v) is 2.49. The van der Waals surface area contributed by atoms with Gasteiger partial charge in [0.15, 0.2) is 0 Å². The number of carbonyl (C=O) groups is 2. The van der Waals surface area contributed by atoms with E-state index in [2.05, 4.69) is 5.32 Å². The standard InChI is InChI=1S/C18H16ClF3N2O2/c1-12(25)24(16-7-5-13(6-8-16)18(20,21)22)10-9-17(26)23-15-4-2-3-14(19)11-15/h2-8,11H,9-10H2,1H3,(H,23,26). The fourth-order valence-electron chi connectivity index (χ4n) is 2.30. The first-order valence-corrected chi connectivity index (χ1v) is 8.05. The van der Waals surface area contributed by atoms with E-state index in [4.69, 9.17) is 11.6 Å². The highest BCUT2D eigenvalue weighted by molar-refractivity contribution is 6.30. The molecule has 8 heteroatoms. The summed E-state index contributed by atoms with van der Waals surface area (Å²) in [4.78, 5) is 25.1. The van der Waals surface area contributed by atoms with Crippen LogP contribution < -0.4 is 10.2 Å². The van der Waals surface area contributed by atoms with Gasteiger partial charge in [-0.3, -0.25) is 9.59 Å². The zero-order valence-electron chi connectivity index (χ0n) is 13.8. The van der Waals surface area contributed by atoms with E-state index < -0.39 is 11.7 Å². The number of amides is 2. The van der Waals surface area contributed by atoms with E-state index in [0.717, 1.165) is 12.1 Å². The van der Waals surface area contributed by atoms with Gasteiger partial charge < -0.3 is 10.2 Å². The Morgan fingerprint density at radius 1 is 1.12 bits per heavy atom. The summed E-state index contributed by atoms with van der Waals surface area (Å²) < 4.78 is 37.9. The number of rotatable bonds is 5. The molecule has 0 aromatic heterocycles.